The monoisotopic (exact) mass is 245 g/mol. The molecule has 1 amide bonds. The first kappa shape index (κ1) is 12.1. The molecular weight excluding hydrogens is 230 g/mol. The Kier molecular flexibility index (Phi) is 4.11. The van der Waals surface area contributed by atoms with Crippen molar-refractivity contribution in [2.75, 3.05) is 11.1 Å². The summed E-state index contributed by atoms with van der Waals surface area (Å²) in [4.78, 5) is 12.0. The van der Waals surface area contributed by atoms with Crippen molar-refractivity contribution in [1.82, 2.24) is 0 Å². The molecule has 1 atom stereocenters. The van der Waals surface area contributed by atoms with Crippen molar-refractivity contribution in [3.63, 3.8) is 0 Å². The smallest absolute Gasteiger partial charge is 0.237 e. The van der Waals surface area contributed by atoms with E-state index in [2.05, 4.69) is 11.2 Å². The van der Waals surface area contributed by atoms with Crippen molar-refractivity contribution in [1.29, 1.82) is 0 Å². The van der Waals surface area contributed by atoms with Gasteiger partial charge in [-0.2, -0.15) is 0 Å². The predicted octanol–water partition coefficient (Wildman–Crippen LogP) is 2.89. The molecule has 1 aliphatic heterocycles. The van der Waals surface area contributed by atoms with Gasteiger partial charge in [-0.3, -0.25) is 4.79 Å². The zero-order valence-electron chi connectivity index (χ0n) is 9.61. The molecule has 2 rings (SSSR count). The van der Waals surface area contributed by atoms with Gasteiger partial charge in [-0.15, -0.1) is 18.2 Å². The van der Waals surface area contributed by atoms with E-state index < -0.39 is 0 Å². The number of carbonyl (C=O) groups excluding carboxylic acids is 1. The van der Waals surface area contributed by atoms with Crippen LogP contribution in [0.5, 0.6) is 0 Å². The molecule has 3 heteroatoms. The highest BCUT2D eigenvalue weighted by Crippen LogP contribution is 2.26. The van der Waals surface area contributed by atoms with Crippen LogP contribution in [0, 0.1) is 12.3 Å². The molecule has 1 aromatic rings. The summed E-state index contributed by atoms with van der Waals surface area (Å²) in [7, 11) is 0. The van der Waals surface area contributed by atoms with E-state index in [9.17, 15) is 4.79 Å². The number of terminal acetylenes is 1. The number of thioether (sulfide) groups is 1. The Morgan fingerprint density at radius 1 is 1.47 bits per heavy atom. The fraction of sp³-hybridized carbons (Fsp3) is 0.357. The molecule has 1 unspecified atom stereocenters. The van der Waals surface area contributed by atoms with Gasteiger partial charge in [-0.1, -0.05) is 18.4 Å². The Morgan fingerprint density at radius 3 is 3.06 bits per heavy atom. The number of anilines is 1. The van der Waals surface area contributed by atoms with E-state index in [1.165, 1.54) is 6.42 Å². The highest BCUT2D eigenvalue weighted by Gasteiger charge is 2.21. The lowest BCUT2D eigenvalue weighted by Crippen LogP contribution is -2.27. The number of benzene rings is 1. The summed E-state index contributed by atoms with van der Waals surface area (Å²) < 4.78 is 0. The van der Waals surface area contributed by atoms with Crippen molar-refractivity contribution < 1.29 is 4.79 Å². The number of carbonyl (C=O) groups is 1. The van der Waals surface area contributed by atoms with E-state index in [0.717, 1.165) is 29.8 Å². The van der Waals surface area contributed by atoms with Gasteiger partial charge in [0.05, 0.1) is 5.25 Å². The van der Waals surface area contributed by atoms with Crippen LogP contribution in [0.1, 0.15) is 24.8 Å². The summed E-state index contributed by atoms with van der Waals surface area (Å²) in [5.41, 5.74) is 1.58. The van der Waals surface area contributed by atoms with Crippen LogP contribution < -0.4 is 5.32 Å². The van der Waals surface area contributed by atoms with Gasteiger partial charge in [0.15, 0.2) is 0 Å². The molecule has 1 N–H and O–H groups in total. The Morgan fingerprint density at radius 2 is 2.35 bits per heavy atom. The minimum atomic E-state index is 0.0956. The van der Waals surface area contributed by atoms with Gasteiger partial charge in [0.2, 0.25) is 5.91 Å². The number of nitrogens with one attached hydrogen (secondary N) is 1. The summed E-state index contributed by atoms with van der Waals surface area (Å²) in [6, 6.07) is 7.40. The molecule has 1 fully saturated rings. The third-order valence-electron chi connectivity index (χ3n) is 2.77. The van der Waals surface area contributed by atoms with Gasteiger partial charge in [-0.05, 0) is 36.8 Å². The summed E-state index contributed by atoms with van der Waals surface area (Å²) in [5.74, 6) is 3.75. The van der Waals surface area contributed by atoms with Gasteiger partial charge in [0.1, 0.15) is 0 Å². The van der Waals surface area contributed by atoms with Crippen LogP contribution in [-0.2, 0) is 4.79 Å². The van der Waals surface area contributed by atoms with Crippen molar-refractivity contribution in [2.45, 2.75) is 24.5 Å². The molecule has 17 heavy (non-hydrogen) atoms. The minimum Gasteiger partial charge on any atom is -0.325 e. The molecule has 1 aromatic carbocycles. The van der Waals surface area contributed by atoms with Crippen LogP contribution in [0.3, 0.4) is 0 Å². The summed E-state index contributed by atoms with van der Waals surface area (Å²) in [6.07, 6.45) is 8.67. The van der Waals surface area contributed by atoms with Gasteiger partial charge < -0.3 is 5.32 Å². The lowest BCUT2D eigenvalue weighted by molar-refractivity contribution is -0.115. The van der Waals surface area contributed by atoms with Crippen LogP contribution in [0.2, 0.25) is 0 Å². The zero-order valence-corrected chi connectivity index (χ0v) is 10.4. The summed E-state index contributed by atoms with van der Waals surface area (Å²) >= 11 is 1.75. The van der Waals surface area contributed by atoms with Crippen LogP contribution in [0.4, 0.5) is 5.69 Å². The van der Waals surface area contributed by atoms with Crippen molar-refractivity contribution in [3.05, 3.63) is 29.8 Å². The van der Waals surface area contributed by atoms with Crippen LogP contribution >= 0.6 is 11.8 Å². The fourth-order valence-corrected chi connectivity index (χ4v) is 3.06. The van der Waals surface area contributed by atoms with E-state index in [1.54, 1.807) is 11.8 Å². The SMILES string of the molecule is C#Cc1cccc(NC(=O)C2CCCCS2)c1. The van der Waals surface area contributed by atoms with Crippen molar-refractivity contribution >= 4 is 23.4 Å². The number of amides is 1. The first-order chi connectivity index (χ1) is 8.29. The second kappa shape index (κ2) is 5.79. The third-order valence-corrected chi connectivity index (χ3v) is 4.15. The molecule has 0 spiro atoms. The molecule has 1 aliphatic rings. The summed E-state index contributed by atoms with van der Waals surface area (Å²) in [5, 5.41) is 3.03. The van der Waals surface area contributed by atoms with Crippen LogP contribution in [-0.4, -0.2) is 16.9 Å². The molecule has 1 heterocycles. The maximum Gasteiger partial charge on any atom is 0.237 e. The molecule has 0 radical (unpaired) electrons. The van der Waals surface area contributed by atoms with Gasteiger partial charge in [0, 0.05) is 11.3 Å². The maximum absolute atomic E-state index is 12.0. The molecule has 0 bridgehead atoms. The number of rotatable bonds is 2. The number of hydrogen-bond donors (Lipinski definition) is 1. The van der Waals surface area contributed by atoms with Crippen molar-refractivity contribution in [2.24, 2.45) is 0 Å². The van der Waals surface area contributed by atoms with Gasteiger partial charge >= 0.3 is 0 Å². The highest BCUT2D eigenvalue weighted by atomic mass is 32.2. The molecular formula is C14H15NOS. The average Bonchev–Trinajstić information content (AvgIpc) is 2.40. The minimum absolute atomic E-state index is 0.0956. The first-order valence-electron chi connectivity index (χ1n) is 5.79. The Labute approximate surface area is 106 Å². The molecule has 88 valence electrons. The van der Waals surface area contributed by atoms with Gasteiger partial charge in [0.25, 0.3) is 0 Å². The lowest BCUT2D eigenvalue weighted by atomic mass is 10.1. The fourth-order valence-electron chi connectivity index (χ4n) is 1.86. The van der Waals surface area contributed by atoms with Crippen molar-refractivity contribution in [3.8, 4) is 12.3 Å². The van der Waals surface area contributed by atoms with E-state index in [0.29, 0.717) is 0 Å². The first-order valence-corrected chi connectivity index (χ1v) is 6.83. The van der Waals surface area contributed by atoms with Gasteiger partial charge in [-0.25, -0.2) is 0 Å². The van der Waals surface area contributed by atoms with E-state index in [-0.39, 0.29) is 11.2 Å². The Balaban J connectivity index is 1.99. The number of hydrogen-bond acceptors (Lipinski definition) is 2. The highest BCUT2D eigenvalue weighted by molar-refractivity contribution is 8.00. The summed E-state index contributed by atoms with van der Waals surface area (Å²) in [6.45, 7) is 0. The van der Waals surface area contributed by atoms with E-state index in [4.69, 9.17) is 6.42 Å². The molecule has 1 saturated heterocycles. The Hall–Kier alpha value is -1.40. The maximum atomic E-state index is 12.0. The van der Waals surface area contributed by atoms with E-state index >= 15 is 0 Å². The van der Waals surface area contributed by atoms with Crippen LogP contribution in [0.15, 0.2) is 24.3 Å². The molecule has 0 saturated carbocycles. The third kappa shape index (κ3) is 3.28. The quantitative estimate of drug-likeness (QED) is 0.812. The molecule has 0 aliphatic carbocycles. The largest absolute Gasteiger partial charge is 0.325 e. The average molecular weight is 245 g/mol. The van der Waals surface area contributed by atoms with E-state index in [1.807, 2.05) is 24.3 Å². The second-order valence-electron chi connectivity index (χ2n) is 4.07. The van der Waals surface area contributed by atoms with Crippen LogP contribution in [0.25, 0.3) is 0 Å². The lowest BCUT2D eigenvalue weighted by Gasteiger charge is -2.20. The normalized spacial score (nSPS) is 19.4. The predicted molar refractivity (Wildman–Crippen MR) is 73.1 cm³/mol. The molecule has 2 nitrogen and oxygen atoms in total. The zero-order chi connectivity index (χ0) is 12.1. The second-order valence-corrected chi connectivity index (χ2v) is 5.38. The standard InChI is InChI=1S/C14H15NOS/c1-2-11-6-5-7-12(10-11)15-14(16)13-8-3-4-9-17-13/h1,5-7,10,13H,3-4,8-9H2,(H,15,16). The Bertz CT molecular complexity index is 444. The molecule has 0 aromatic heterocycles. The topological polar surface area (TPSA) is 29.1 Å².